The lowest BCUT2D eigenvalue weighted by molar-refractivity contribution is -0.133. The van der Waals surface area contributed by atoms with Crippen molar-refractivity contribution in [3.05, 3.63) is 12.5 Å². The van der Waals surface area contributed by atoms with Gasteiger partial charge >= 0.3 is 5.97 Å². The average molecular weight is 253 g/mol. The molecule has 7 nitrogen and oxygen atoms in total. The Morgan fingerprint density at radius 3 is 2.88 bits per heavy atom. The molecule has 2 rings (SSSR count). The molecule has 0 radical (unpaired) electrons. The Morgan fingerprint density at radius 1 is 1.53 bits per heavy atom. The van der Waals surface area contributed by atoms with Gasteiger partial charge in [-0.05, 0) is 0 Å². The minimum atomic E-state index is -0.877. The van der Waals surface area contributed by atoms with Gasteiger partial charge in [-0.15, -0.1) is 5.10 Å². The molecule has 0 unspecified atom stereocenters. The molecule has 0 saturated carbocycles. The van der Waals surface area contributed by atoms with Crippen LogP contribution in [-0.4, -0.2) is 41.1 Å². The van der Waals surface area contributed by atoms with Crippen molar-refractivity contribution in [3.63, 3.8) is 0 Å². The first kappa shape index (κ1) is 11.6. The summed E-state index contributed by atoms with van der Waals surface area (Å²) in [5, 5.41) is 13.4. The maximum Gasteiger partial charge on any atom is 0.313 e. The summed E-state index contributed by atoms with van der Waals surface area (Å²) in [5.74, 6) is -0.410. The molecular weight excluding hydrogens is 242 g/mol. The number of imidazole rings is 1. The lowest BCUT2D eigenvalue weighted by atomic mass is 10.5. The first-order valence-corrected chi connectivity index (χ1v) is 5.79. The topological polar surface area (TPSA) is 85.8 Å². The molecule has 0 aliphatic rings. The van der Waals surface area contributed by atoms with Crippen molar-refractivity contribution >= 4 is 17.7 Å². The van der Waals surface area contributed by atoms with Gasteiger partial charge in [0, 0.05) is 20.3 Å². The van der Waals surface area contributed by atoms with Crippen molar-refractivity contribution in [3.8, 4) is 11.5 Å². The van der Waals surface area contributed by atoms with Gasteiger partial charge in [0.2, 0.25) is 5.82 Å². The summed E-state index contributed by atoms with van der Waals surface area (Å²) in [6, 6.07) is 0. The molecule has 1 N–H and O–H groups in total. The van der Waals surface area contributed by atoms with E-state index in [0.717, 1.165) is 11.8 Å². The highest BCUT2D eigenvalue weighted by atomic mass is 32.2. The normalized spacial score (nSPS) is 10.7. The predicted octanol–water partition coefficient (Wildman–Crippen LogP) is 0.392. The number of aliphatic carboxylic acids is 1. The first-order chi connectivity index (χ1) is 8.06. The number of hydrogen-bond donors (Lipinski definition) is 1. The number of carboxylic acid groups (broad SMARTS) is 1. The van der Waals surface area contributed by atoms with Crippen molar-refractivity contribution in [2.45, 2.75) is 5.16 Å². The molecule has 2 aromatic rings. The quantitative estimate of drug-likeness (QED) is 0.793. The molecule has 0 bridgehead atoms. The van der Waals surface area contributed by atoms with E-state index in [-0.39, 0.29) is 5.75 Å². The van der Waals surface area contributed by atoms with Gasteiger partial charge in [-0.25, -0.2) is 9.67 Å². The fourth-order valence-electron chi connectivity index (χ4n) is 1.26. The van der Waals surface area contributed by atoms with Crippen LogP contribution in [0.1, 0.15) is 0 Å². The van der Waals surface area contributed by atoms with E-state index < -0.39 is 5.97 Å². The van der Waals surface area contributed by atoms with E-state index in [9.17, 15) is 4.79 Å². The summed E-state index contributed by atoms with van der Waals surface area (Å²) in [6.45, 7) is 0. The fourth-order valence-corrected chi connectivity index (χ4v) is 1.89. The summed E-state index contributed by atoms with van der Waals surface area (Å²) >= 11 is 1.13. The molecule has 0 spiro atoms. The Kier molecular flexibility index (Phi) is 3.14. The predicted molar refractivity (Wildman–Crippen MR) is 61.6 cm³/mol. The monoisotopic (exact) mass is 253 g/mol. The molecule has 0 aliphatic heterocycles. The Labute approximate surface area is 101 Å². The number of aryl methyl sites for hydroxylation is 2. The Morgan fingerprint density at radius 2 is 2.29 bits per heavy atom. The standard InChI is InChI=1S/C9H11N5O2S/c1-13-3-6(10-5-13)8-11-9(14(2)12-8)17-4-7(15)16/h3,5H,4H2,1-2H3,(H,15,16). The van der Waals surface area contributed by atoms with Crippen molar-refractivity contribution in [1.29, 1.82) is 0 Å². The van der Waals surface area contributed by atoms with E-state index in [1.54, 1.807) is 28.8 Å². The Hall–Kier alpha value is -1.83. The summed E-state index contributed by atoms with van der Waals surface area (Å²) < 4.78 is 3.35. The number of carboxylic acids is 1. The minimum absolute atomic E-state index is 0.0335. The highest BCUT2D eigenvalue weighted by molar-refractivity contribution is 7.99. The molecule has 2 aromatic heterocycles. The van der Waals surface area contributed by atoms with Crippen LogP contribution in [0.5, 0.6) is 0 Å². The van der Waals surface area contributed by atoms with Crippen LogP contribution < -0.4 is 0 Å². The lowest BCUT2D eigenvalue weighted by Gasteiger charge is -1.94. The van der Waals surface area contributed by atoms with E-state index in [4.69, 9.17) is 5.11 Å². The van der Waals surface area contributed by atoms with Crippen LogP contribution in [0.4, 0.5) is 0 Å². The molecule has 0 aliphatic carbocycles. The van der Waals surface area contributed by atoms with Gasteiger partial charge in [0.05, 0.1) is 12.1 Å². The zero-order valence-electron chi connectivity index (χ0n) is 9.36. The third-order valence-electron chi connectivity index (χ3n) is 1.98. The largest absolute Gasteiger partial charge is 0.481 e. The summed E-state index contributed by atoms with van der Waals surface area (Å²) in [6.07, 6.45) is 3.47. The van der Waals surface area contributed by atoms with Crippen molar-refractivity contribution in [1.82, 2.24) is 24.3 Å². The van der Waals surface area contributed by atoms with Crippen LogP contribution in [0.3, 0.4) is 0 Å². The zero-order valence-corrected chi connectivity index (χ0v) is 10.2. The maximum absolute atomic E-state index is 10.5. The van der Waals surface area contributed by atoms with Gasteiger partial charge in [0.15, 0.2) is 5.16 Å². The van der Waals surface area contributed by atoms with E-state index >= 15 is 0 Å². The summed E-state index contributed by atoms with van der Waals surface area (Å²) in [5.41, 5.74) is 0.672. The van der Waals surface area contributed by atoms with E-state index in [1.807, 2.05) is 7.05 Å². The number of carbonyl (C=O) groups is 1. The Bertz CT molecular complexity index is 547. The molecule has 0 atom stereocenters. The number of nitrogens with zero attached hydrogens (tertiary/aromatic N) is 5. The smallest absolute Gasteiger partial charge is 0.313 e. The molecule has 0 aromatic carbocycles. The number of hydrogen-bond acceptors (Lipinski definition) is 5. The van der Waals surface area contributed by atoms with Crippen LogP contribution in [-0.2, 0) is 18.9 Å². The zero-order chi connectivity index (χ0) is 12.4. The second-order valence-electron chi connectivity index (χ2n) is 3.45. The summed E-state index contributed by atoms with van der Waals surface area (Å²) in [4.78, 5) is 18.8. The molecule has 0 saturated heterocycles. The average Bonchev–Trinajstić information content (AvgIpc) is 2.82. The van der Waals surface area contributed by atoms with Gasteiger partial charge in [-0.3, -0.25) is 4.79 Å². The number of aromatic nitrogens is 5. The van der Waals surface area contributed by atoms with E-state index in [0.29, 0.717) is 16.7 Å². The van der Waals surface area contributed by atoms with Crippen LogP contribution >= 0.6 is 11.8 Å². The van der Waals surface area contributed by atoms with Gasteiger partial charge < -0.3 is 9.67 Å². The van der Waals surface area contributed by atoms with E-state index in [2.05, 4.69) is 15.1 Å². The van der Waals surface area contributed by atoms with Gasteiger partial charge in [-0.2, -0.15) is 4.98 Å². The Balaban J connectivity index is 2.21. The van der Waals surface area contributed by atoms with Gasteiger partial charge in [-0.1, -0.05) is 11.8 Å². The third kappa shape index (κ3) is 2.64. The van der Waals surface area contributed by atoms with Crippen molar-refractivity contribution < 1.29 is 9.90 Å². The van der Waals surface area contributed by atoms with Crippen LogP contribution in [0.2, 0.25) is 0 Å². The molecule has 0 amide bonds. The second kappa shape index (κ2) is 4.58. The van der Waals surface area contributed by atoms with Gasteiger partial charge in [0.25, 0.3) is 0 Å². The van der Waals surface area contributed by atoms with Crippen LogP contribution in [0.15, 0.2) is 17.7 Å². The van der Waals surface area contributed by atoms with Crippen LogP contribution in [0, 0.1) is 0 Å². The molecule has 17 heavy (non-hydrogen) atoms. The SMILES string of the molecule is Cn1cnc(-c2nc(SCC(=O)O)n(C)n2)c1. The molecule has 0 fully saturated rings. The highest BCUT2D eigenvalue weighted by Crippen LogP contribution is 2.19. The second-order valence-corrected chi connectivity index (χ2v) is 4.39. The number of rotatable bonds is 4. The molecule has 90 valence electrons. The van der Waals surface area contributed by atoms with Crippen molar-refractivity contribution in [2.24, 2.45) is 14.1 Å². The maximum atomic E-state index is 10.5. The van der Waals surface area contributed by atoms with Gasteiger partial charge in [0.1, 0.15) is 5.69 Å². The first-order valence-electron chi connectivity index (χ1n) is 4.80. The third-order valence-corrected chi connectivity index (χ3v) is 2.99. The minimum Gasteiger partial charge on any atom is -0.481 e. The van der Waals surface area contributed by atoms with Crippen molar-refractivity contribution in [2.75, 3.05) is 5.75 Å². The number of thioether (sulfide) groups is 1. The highest BCUT2D eigenvalue weighted by Gasteiger charge is 2.12. The van der Waals surface area contributed by atoms with E-state index in [1.165, 1.54) is 0 Å². The summed E-state index contributed by atoms with van der Waals surface area (Å²) in [7, 11) is 3.59. The fraction of sp³-hybridized carbons (Fsp3) is 0.333. The van der Waals surface area contributed by atoms with Crippen LogP contribution in [0.25, 0.3) is 11.5 Å². The molecule has 2 heterocycles. The molecule has 8 heteroatoms. The lowest BCUT2D eigenvalue weighted by Crippen LogP contribution is -2.00. The molecular formula is C9H11N5O2S.